The van der Waals surface area contributed by atoms with E-state index in [-0.39, 0.29) is 5.91 Å². The van der Waals surface area contributed by atoms with Crippen LogP contribution in [-0.2, 0) is 4.79 Å². The Hall–Kier alpha value is -1.90. The van der Waals surface area contributed by atoms with Gasteiger partial charge in [-0.2, -0.15) is 0 Å². The second-order valence-electron chi connectivity index (χ2n) is 5.93. The van der Waals surface area contributed by atoms with Crippen molar-refractivity contribution >= 4 is 17.8 Å². The standard InChI is InChI=1S/C17H20N2O/c1-11(2)13-8-6-12(7-9-13)10-15-17(20)19-16(18-15)14-4-3-5-14/h6-11,14H,3-5H2,1-2H3,(H,18,19,20)/b15-10+. The first-order valence-corrected chi connectivity index (χ1v) is 7.35. The zero-order valence-corrected chi connectivity index (χ0v) is 12.0. The number of amidine groups is 1. The topological polar surface area (TPSA) is 41.5 Å². The first-order valence-electron chi connectivity index (χ1n) is 7.35. The summed E-state index contributed by atoms with van der Waals surface area (Å²) in [4.78, 5) is 16.4. The van der Waals surface area contributed by atoms with Crippen molar-refractivity contribution in [1.82, 2.24) is 5.32 Å². The summed E-state index contributed by atoms with van der Waals surface area (Å²) >= 11 is 0. The second kappa shape index (κ2) is 5.23. The minimum atomic E-state index is -0.0696. The van der Waals surface area contributed by atoms with Crippen LogP contribution in [0.25, 0.3) is 6.08 Å². The summed E-state index contributed by atoms with van der Waals surface area (Å²) in [6, 6.07) is 8.32. The molecule has 20 heavy (non-hydrogen) atoms. The summed E-state index contributed by atoms with van der Waals surface area (Å²) in [7, 11) is 0. The largest absolute Gasteiger partial charge is 0.308 e. The third-order valence-corrected chi connectivity index (χ3v) is 4.11. The molecule has 1 aliphatic heterocycles. The average molecular weight is 268 g/mol. The van der Waals surface area contributed by atoms with Crippen molar-refractivity contribution in [3.8, 4) is 0 Å². The van der Waals surface area contributed by atoms with Gasteiger partial charge >= 0.3 is 0 Å². The molecule has 0 spiro atoms. The van der Waals surface area contributed by atoms with Gasteiger partial charge < -0.3 is 5.32 Å². The zero-order chi connectivity index (χ0) is 14.1. The predicted molar refractivity (Wildman–Crippen MR) is 81.4 cm³/mol. The summed E-state index contributed by atoms with van der Waals surface area (Å²) in [5.41, 5.74) is 2.86. The molecule has 0 unspecified atom stereocenters. The molecule has 1 heterocycles. The number of aliphatic imine (C=N–C) groups is 1. The number of carbonyl (C=O) groups is 1. The van der Waals surface area contributed by atoms with Crippen LogP contribution in [0.1, 0.15) is 50.2 Å². The summed E-state index contributed by atoms with van der Waals surface area (Å²) in [6.45, 7) is 4.35. The van der Waals surface area contributed by atoms with E-state index in [1.165, 1.54) is 12.0 Å². The fourth-order valence-corrected chi connectivity index (χ4v) is 2.50. The molecular formula is C17H20N2O. The molecule has 2 aliphatic rings. The van der Waals surface area contributed by atoms with Crippen molar-refractivity contribution in [3.63, 3.8) is 0 Å². The van der Waals surface area contributed by atoms with Crippen LogP contribution in [0.3, 0.4) is 0 Å². The van der Waals surface area contributed by atoms with Crippen molar-refractivity contribution in [3.05, 3.63) is 41.1 Å². The molecule has 3 heteroatoms. The molecule has 1 N–H and O–H groups in total. The molecule has 3 nitrogen and oxygen atoms in total. The van der Waals surface area contributed by atoms with Crippen LogP contribution in [0.5, 0.6) is 0 Å². The van der Waals surface area contributed by atoms with Crippen molar-refractivity contribution in [2.24, 2.45) is 10.9 Å². The Morgan fingerprint density at radius 3 is 2.50 bits per heavy atom. The molecule has 0 saturated heterocycles. The van der Waals surface area contributed by atoms with Crippen LogP contribution in [0.2, 0.25) is 0 Å². The number of benzene rings is 1. The normalized spacial score (nSPS) is 21.1. The van der Waals surface area contributed by atoms with Gasteiger partial charge in [-0.1, -0.05) is 44.5 Å². The van der Waals surface area contributed by atoms with Gasteiger partial charge in [-0.25, -0.2) is 4.99 Å². The van der Waals surface area contributed by atoms with Gasteiger partial charge in [0, 0.05) is 5.92 Å². The number of hydrogen-bond donors (Lipinski definition) is 1. The smallest absolute Gasteiger partial charge is 0.275 e. The molecule has 1 fully saturated rings. The Balaban J connectivity index is 1.80. The molecule has 3 rings (SSSR count). The van der Waals surface area contributed by atoms with Gasteiger partial charge in [-0.05, 0) is 36.0 Å². The zero-order valence-electron chi connectivity index (χ0n) is 12.0. The number of nitrogens with one attached hydrogen (secondary N) is 1. The monoisotopic (exact) mass is 268 g/mol. The van der Waals surface area contributed by atoms with Crippen LogP contribution in [0.4, 0.5) is 0 Å². The van der Waals surface area contributed by atoms with E-state index in [1.807, 2.05) is 18.2 Å². The number of rotatable bonds is 3. The van der Waals surface area contributed by atoms with E-state index < -0.39 is 0 Å². The Labute approximate surface area is 119 Å². The van der Waals surface area contributed by atoms with Crippen molar-refractivity contribution in [1.29, 1.82) is 0 Å². The average Bonchev–Trinajstić information content (AvgIpc) is 2.69. The highest BCUT2D eigenvalue weighted by atomic mass is 16.2. The molecule has 0 radical (unpaired) electrons. The molecule has 104 valence electrons. The lowest BCUT2D eigenvalue weighted by Crippen LogP contribution is -2.33. The fourth-order valence-electron chi connectivity index (χ4n) is 2.50. The number of hydrogen-bond acceptors (Lipinski definition) is 2. The Kier molecular flexibility index (Phi) is 3.43. The summed E-state index contributed by atoms with van der Waals surface area (Å²) in [5.74, 6) is 1.79. The van der Waals surface area contributed by atoms with Crippen LogP contribution in [-0.4, -0.2) is 11.7 Å². The molecule has 1 aromatic carbocycles. The van der Waals surface area contributed by atoms with Gasteiger partial charge in [0.1, 0.15) is 11.5 Å². The minimum absolute atomic E-state index is 0.0696. The quantitative estimate of drug-likeness (QED) is 0.838. The molecule has 1 aromatic rings. The van der Waals surface area contributed by atoms with E-state index in [2.05, 4.69) is 36.3 Å². The van der Waals surface area contributed by atoms with Gasteiger partial charge in [0.2, 0.25) is 0 Å². The molecule has 0 aromatic heterocycles. The molecule has 1 saturated carbocycles. The van der Waals surface area contributed by atoms with E-state index in [0.29, 0.717) is 17.5 Å². The highest BCUT2D eigenvalue weighted by Crippen LogP contribution is 2.29. The Morgan fingerprint density at radius 2 is 1.95 bits per heavy atom. The highest BCUT2D eigenvalue weighted by molar-refractivity contribution is 6.15. The van der Waals surface area contributed by atoms with Crippen molar-refractivity contribution in [2.75, 3.05) is 0 Å². The van der Waals surface area contributed by atoms with E-state index in [0.717, 1.165) is 24.2 Å². The molecule has 1 amide bonds. The molecule has 0 atom stereocenters. The molecular weight excluding hydrogens is 248 g/mol. The molecule has 1 aliphatic carbocycles. The number of nitrogens with zero attached hydrogens (tertiary/aromatic N) is 1. The molecule has 0 bridgehead atoms. The first kappa shape index (κ1) is 13.1. The lowest BCUT2D eigenvalue weighted by molar-refractivity contribution is -0.115. The minimum Gasteiger partial charge on any atom is -0.308 e. The van der Waals surface area contributed by atoms with Gasteiger partial charge in [0.15, 0.2) is 0 Å². The number of amides is 1. The summed E-state index contributed by atoms with van der Waals surface area (Å²) in [5, 5.41) is 2.90. The summed E-state index contributed by atoms with van der Waals surface area (Å²) < 4.78 is 0. The van der Waals surface area contributed by atoms with Gasteiger partial charge in [0.25, 0.3) is 5.91 Å². The Morgan fingerprint density at radius 1 is 1.25 bits per heavy atom. The third kappa shape index (κ3) is 2.53. The van der Waals surface area contributed by atoms with Crippen molar-refractivity contribution in [2.45, 2.75) is 39.0 Å². The van der Waals surface area contributed by atoms with Gasteiger partial charge in [-0.15, -0.1) is 0 Å². The maximum Gasteiger partial charge on any atom is 0.275 e. The lowest BCUT2D eigenvalue weighted by atomic mass is 9.84. The van der Waals surface area contributed by atoms with E-state index in [4.69, 9.17) is 0 Å². The van der Waals surface area contributed by atoms with Crippen LogP contribution < -0.4 is 5.32 Å². The predicted octanol–water partition coefficient (Wildman–Crippen LogP) is 3.48. The van der Waals surface area contributed by atoms with Crippen LogP contribution >= 0.6 is 0 Å². The van der Waals surface area contributed by atoms with Gasteiger partial charge in [0.05, 0.1) is 0 Å². The number of carbonyl (C=O) groups excluding carboxylic acids is 1. The van der Waals surface area contributed by atoms with E-state index in [1.54, 1.807) is 0 Å². The highest BCUT2D eigenvalue weighted by Gasteiger charge is 2.30. The van der Waals surface area contributed by atoms with E-state index >= 15 is 0 Å². The first-order chi connectivity index (χ1) is 9.63. The Bertz CT molecular complexity index is 578. The van der Waals surface area contributed by atoms with E-state index in [9.17, 15) is 4.79 Å². The maximum atomic E-state index is 11.9. The maximum absolute atomic E-state index is 11.9. The lowest BCUT2D eigenvalue weighted by Gasteiger charge is -2.24. The second-order valence-corrected chi connectivity index (χ2v) is 5.93. The van der Waals surface area contributed by atoms with Crippen LogP contribution in [0.15, 0.2) is 35.0 Å². The SMILES string of the molecule is CC(C)c1ccc(/C=C2/N=C(C3CCC3)NC2=O)cc1. The van der Waals surface area contributed by atoms with Crippen LogP contribution in [0, 0.1) is 5.92 Å². The van der Waals surface area contributed by atoms with Crippen molar-refractivity contribution < 1.29 is 4.79 Å². The summed E-state index contributed by atoms with van der Waals surface area (Å²) in [6.07, 6.45) is 5.41. The third-order valence-electron chi connectivity index (χ3n) is 4.11. The van der Waals surface area contributed by atoms with Gasteiger partial charge in [-0.3, -0.25) is 4.79 Å². The fraction of sp³-hybridized carbons (Fsp3) is 0.412.